The normalized spacial score (nSPS) is 26.0. The third-order valence-corrected chi connectivity index (χ3v) is 4.02. The van der Waals surface area contributed by atoms with E-state index in [9.17, 15) is 9.59 Å². The highest BCUT2D eigenvalue weighted by molar-refractivity contribution is 5.78. The molecule has 0 radical (unpaired) electrons. The van der Waals surface area contributed by atoms with Crippen LogP contribution in [0.2, 0.25) is 0 Å². The van der Waals surface area contributed by atoms with Gasteiger partial charge in [-0.25, -0.2) is 4.79 Å². The van der Waals surface area contributed by atoms with Crippen molar-refractivity contribution >= 4 is 12.0 Å². The summed E-state index contributed by atoms with van der Waals surface area (Å²) < 4.78 is 0. The first-order valence-electron chi connectivity index (χ1n) is 6.73. The van der Waals surface area contributed by atoms with Gasteiger partial charge < -0.3 is 14.9 Å². The van der Waals surface area contributed by atoms with E-state index in [2.05, 4.69) is 6.07 Å². The molecular weight excluding hydrogens is 246 g/mol. The summed E-state index contributed by atoms with van der Waals surface area (Å²) in [6.07, 6.45) is 2.81. The van der Waals surface area contributed by atoms with Crippen LogP contribution in [0.1, 0.15) is 32.6 Å². The third-order valence-electron chi connectivity index (χ3n) is 4.02. The lowest BCUT2D eigenvalue weighted by atomic mass is 10.0. The van der Waals surface area contributed by atoms with Crippen LogP contribution in [0.4, 0.5) is 4.79 Å². The van der Waals surface area contributed by atoms with E-state index < -0.39 is 11.9 Å². The number of nitriles is 1. The number of hydrogen-bond donors (Lipinski definition) is 1. The minimum absolute atomic E-state index is 0.103. The van der Waals surface area contributed by atoms with Gasteiger partial charge in [0.05, 0.1) is 18.4 Å². The van der Waals surface area contributed by atoms with E-state index in [-0.39, 0.29) is 18.1 Å². The molecule has 0 aromatic heterocycles. The first-order chi connectivity index (χ1) is 9.06. The summed E-state index contributed by atoms with van der Waals surface area (Å²) in [6, 6.07) is 1.93. The zero-order valence-electron chi connectivity index (χ0n) is 11.1. The second-order valence-corrected chi connectivity index (χ2v) is 5.28. The largest absolute Gasteiger partial charge is 0.481 e. The van der Waals surface area contributed by atoms with Crippen molar-refractivity contribution < 1.29 is 14.7 Å². The summed E-state index contributed by atoms with van der Waals surface area (Å²) in [7, 11) is 0. The molecule has 6 heteroatoms. The quantitative estimate of drug-likeness (QED) is 0.829. The Kier molecular flexibility index (Phi) is 3.93. The number of carbonyl (C=O) groups is 2. The van der Waals surface area contributed by atoms with Crippen LogP contribution in [-0.2, 0) is 4.79 Å². The fourth-order valence-corrected chi connectivity index (χ4v) is 2.70. The maximum Gasteiger partial charge on any atom is 0.320 e. The van der Waals surface area contributed by atoms with Crippen LogP contribution >= 0.6 is 0 Å². The molecule has 1 N–H and O–H groups in total. The van der Waals surface area contributed by atoms with Gasteiger partial charge in [-0.15, -0.1) is 0 Å². The lowest BCUT2D eigenvalue weighted by molar-refractivity contribution is -0.142. The van der Waals surface area contributed by atoms with Gasteiger partial charge in [0, 0.05) is 25.2 Å². The Morgan fingerprint density at radius 1 is 1.42 bits per heavy atom. The summed E-state index contributed by atoms with van der Waals surface area (Å²) in [5.41, 5.74) is 0. The Hall–Kier alpha value is -1.77. The molecule has 1 heterocycles. The monoisotopic (exact) mass is 265 g/mol. The Bertz CT molecular complexity index is 414. The van der Waals surface area contributed by atoms with Crippen molar-refractivity contribution in [3.05, 3.63) is 0 Å². The third kappa shape index (κ3) is 2.80. The molecule has 1 saturated carbocycles. The number of aliphatic carboxylic acids is 1. The molecule has 2 fully saturated rings. The first-order valence-corrected chi connectivity index (χ1v) is 6.73. The van der Waals surface area contributed by atoms with Crippen molar-refractivity contribution in [2.75, 3.05) is 13.1 Å². The molecule has 2 atom stereocenters. The Balaban J connectivity index is 2.02. The first kappa shape index (κ1) is 13.7. The van der Waals surface area contributed by atoms with Gasteiger partial charge in [-0.05, 0) is 26.2 Å². The van der Waals surface area contributed by atoms with Gasteiger partial charge >= 0.3 is 12.0 Å². The van der Waals surface area contributed by atoms with E-state index >= 15 is 0 Å². The van der Waals surface area contributed by atoms with Gasteiger partial charge in [0.2, 0.25) is 0 Å². The lowest BCUT2D eigenvalue weighted by Gasteiger charge is -2.30. The topological polar surface area (TPSA) is 84.6 Å². The van der Waals surface area contributed by atoms with Gasteiger partial charge in [0.15, 0.2) is 0 Å². The number of nitrogens with zero attached hydrogens (tertiary/aromatic N) is 3. The molecule has 2 amide bonds. The zero-order valence-corrected chi connectivity index (χ0v) is 11.1. The maximum atomic E-state index is 12.5. The predicted octanol–water partition coefficient (Wildman–Crippen LogP) is 1.28. The van der Waals surface area contributed by atoms with Crippen LogP contribution < -0.4 is 0 Å². The summed E-state index contributed by atoms with van der Waals surface area (Å²) >= 11 is 0. The summed E-state index contributed by atoms with van der Waals surface area (Å²) in [6.45, 7) is 2.73. The SMILES string of the molecule is CC1C(C(=O)O)CCN1C(=O)N(CCC#N)C1CC1. The van der Waals surface area contributed by atoms with Crippen LogP contribution in [0.5, 0.6) is 0 Å². The molecule has 1 aliphatic heterocycles. The lowest BCUT2D eigenvalue weighted by Crippen LogP contribution is -2.47. The number of urea groups is 1. The fourth-order valence-electron chi connectivity index (χ4n) is 2.70. The standard InChI is InChI=1S/C13H19N3O3/c1-9-11(12(17)18)5-8-15(9)13(19)16(7-2-6-14)10-3-4-10/h9-11H,2-5,7-8H2,1H3,(H,17,18). The number of carboxylic acid groups (broad SMARTS) is 1. The molecule has 2 rings (SSSR count). The summed E-state index contributed by atoms with van der Waals surface area (Å²) in [5.74, 6) is -1.31. The predicted molar refractivity (Wildman–Crippen MR) is 67.3 cm³/mol. The fraction of sp³-hybridized carbons (Fsp3) is 0.769. The molecule has 2 unspecified atom stereocenters. The molecule has 2 aliphatic rings. The number of carbonyl (C=O) groups excluding carboxylic acids is 1. The van der Waals surface area contributed by atoms with E-state index in [0.29, 0.717) is 25.9 Å². The molecular formula is C13H19N3O3. The average Bonchev–Trinajstić information content (AvgIpc) is 3.12. The van der Waals surface area contributed by atoms with E-state index in [0.717, 1.165) is 12.8 Å². The van der Waals surface area contributed by atoms with E-state index in [1.165, 1.54) is 0 Å². The summed E-state index contributed by atoms with van der Waals surface area (Å²) in [5, 5.41) is 17.7. The second-order valence-electron chi connectivity index (χ2n) is 5.28. The molecule has 1 aliphatic carbocycles. The van der Waals surface area contributed by atoms with E-state index in [1.54, 1.807) is 16.7 Å². The molecule has 0 bridgehead atoms. The van der Waals surface area contributed by atoms with Crippen molar-refractivity contribution in [3.8, 4) is 6.07 Å². The van der Waals surface area contributed by atoms with E-state index in [4.69, 9.17) is 10.4 Å². The van der Waals surface area contributed by atoms with Crippen LogP contribution in [0.25, 0.3) is 0 Å². The number of rotatable bonds is 4. The van der Waals surface area contributed by atoms with Crippen molar-refractivity contribution in [2.24, 2.45) is 5.92 Å². The highest BCUT2D eigenvalue weighted by Gasteiger charge is 2.42. The van der Waals surface area contributed by atoms with Gasteiger partial charge in [-0.3, -0.25) is 4.79 Å². The van der Waals surface area contributed by atoms with Crippen molar-refractivity contribution in [1.82, 2.24) is 9.80 Å². The molecule has 0 aromatic rings. The van der Waals surface area contributed by atoms with Gasteiger partial charge in [0.1, 0.15) is 0 Å². The van der Waals surface area contributed by atoms with Crippen molar-refractivity contribution in [3.63, 3.8) is 0 Å². The zero-order chi connectivity index (χ0) is 14.0. The van der Waals surface area contributed by atoms with Gasteiger partial charge in [-0.1, -0.05) is 0 Å². The Morgan fingerprint density at radius 2 is 2.11 bits per heavy atom. The molecule has 104 valence electrons. The second kappa shape index (κ2) is 5.47. The van der Waals surface area contributed by atoms with Gasteiger partial charge in [-0.2, -0.15) is 5.26 Å². The number of amides is 2. The smallest absolute Gasteiger partial charge is 0.320 e. The van der Waals surface area contributed by atoms with Crippen molar-refractivity contribution in [1.29, 1.82) is 5.26 Å². The van der Waals surface area contributed by atoms with Crippen LogP contribution in [0.15, 0.2) is 0 Å². The Morgan fingerprint density at radius 3 is 2.58 bits per heavy atom. The number of likely N-dealkylation sites (tertiary alicyclic amines) is 1. The molecule has 0 aromatic carbocycles. The number of carboxylic acids is 1. The van der Waals surface area contributed by atoms with Crippen LogP contribution in [0, 0.1) is 17.2 Å². The molecule has 6 nitrogen and oxygen atoms in total. The minimum Gasteiger partial charge on any atom is -0.481 e. The maximum absolute atomic E-state index is 12.5. The Labute approximate surface area is 112 Å². The van der Waals surface area contributed by atoms with Gasteiger partial charge in [0.25, 0.3) is 0 Å². The molecule has 19 heavy (non-hydrogen) atoms. The number of hydrogen-bond acceptors (Lipinski definition) is 3. The molecule has 0 spiro atoms. The van der Waals surface area contributed by atoms with Crippen LogP contribution in [0.3, 0.4) is 0 Å². The van der Waals surface area contributed by atoms with E-state index in [1.807, 2.05) is 0 Å². The van der Waals surface area contributed by atoms with Crippen molar-refractivity contribution in [2.45, 2.75) is 44.7 Å². The summed E-state index contributed by atoms with van der Waals surface area (Å²) in [4.78, 5) is 26.9. The average molecular weight is 265 g/mol. The highest BCUT2D eigenvalue weighted by atomic mass is 16.4. The molecule has 1 saturated heterocycles. The van der Waals surface area contributed by atoms with Crippen LogP contribution in [-0.4, -0.2) is 52.1 Å². The minimum atomic E-state index is -0.835. The highest BCUT2D eigenvalue weighted by Crippen LogP contribution is 2.31.